The highest BCUT2D eigenvalue weighted by Crippen LogP contribution is 2.33. The smallest absolute Gasteiger partial charge is 0.322 e. The van der Waals surface area contributed by atoms with Gasteiger partial charge in [0.25, 0.3) is 0 Å². The average molecular weight is 293 g/mol. The number of carbonyl (C=O) groups excluding carboxylic acids is 1. The van der Waals surface area contributed by atoms with Crippen molar-refractivity contribution in [3.05, 3.63) is 23.8 Å². The van der Waals surface area contributed by atoms with Crippen molar-refractivity contribution in [1.82, 2.24) is 5.32 Å². The molecule has 0 saturated heterocycles. The maximum Gasteiger partial charge on any atom is 0.322 e. The van der Waals surface area contributed by atoms with Crippen molar-refractivity contribution >= 4 is 5.97 Å². The third-order valence-corrected chi connectivity index (χ3v) is 3.38. The van der Waals surface area contributed by atoms with E-state index in [0.29, 0.717) is 25.7 Å². The standard InChI is InChI=1S/C16H23NO4/c1-11(2)9-13(16(18)19-3)17-10-12-5-4-6-14-15(12)21-8-7-20-14/h4-6,11,13,17H,7-10H2,1-3H3. The lowest BCUT2D eigenvalue weighted by Crippen LogP contribution is -2.38. The quantitative estimate of drug-likeness (QED) is 0.814. The van der Waals surface area contributed by atoms with Crippen LogP contribution in [0.15, 0.2) is 18.2 Å². The fourth-order valence-corrected chi connectivity index (χ4v) is 2.38. The Balaban J connectivity index is 2.05. The van der Waals surface area contributed by atoms with Crippen LogP contribution in [-0.2, 0) is 16.1 Å². The highest BCUT2D eigenvalue weighted by atomic mass is 16.6. The van der Waals surface area contributed by atoms with Gasteiger partial charge in [-0.05, 0) is 18.4 Å². The second kappa shape index (κ2) is 7.31. The molecule has 1 N–H and O–H groups in total. The molecule has 1 aliphatic rings. The van der Waals surface area contributed by atoms with Crippen LogP contribution in [0.25, 0.3) is 0 Å². The van der Waals surface area contributed by atoms with Crippen LogP contribution in [0.3, 0.4) is 0 Å². The molecule has 0 aromatic heterocycles. The minimum atomic E-state index is -0.310. The van der Waals surface area contributed by atoms with E-state index < -0.39 is 0 Å². The predicted octanol–water partition coefficient (Wildman–Crippen LogP) is 2.14. The molecule has 2 rings (SSSR count). The van der Waals surface area contributed by atoms with Gasteiger partial charge >= 0.3 is 5.97 Å². The van der Waals surface area contributed by atoms with E-state index in [-0.39, 0.29) is 12.0 Å². The van der Waals surface area contributed by atoms with Gasteiger partial charge in [-0.1, -0.05) is 26.0 Å². The van der Waals surface area contributed by atoms with Crippen molar-refractivity contribution in [2.45, 2.75) is 32.9 Å². The predicted molar refractivity (Wildman–Crippen MR) is 79.5 cm³/mol. The number of benzene rings is 1. The summed E-state index contributed by atoms with van der Waals surface area (Å²) < 4.78 is 16.1. The third kappa shape index (κ3) is 4.11. The lowest BCUT2D eigenvalue weighted by atomic mass is 10.0. The lowest BCUT2D eigenvalue weighted by molar-refractivity contribution is -0.143. The number of para-hydroxylation sites is 1. The SMILES string of the molecule is COC(=O)C(CC(C)C)NCc1cccc2c1OCCO2. The molecule has 1 aliphatic heterocycles. The van der Waals surface area contributed by atoms with Crippen molar-refractivity contribution in [3.63, 3.8) is 0 Å². The first-order chi connectivity index (χ1) is 10.1. The molecule has 1 atom stereocenters. The van der Waals surface area contributed by atoms with Crippen molar-refractivity contribution in [2.24, 2.45) is 5.92 Å². The van der Waals surface area contributed by atoms with Crippen molar-refractivity contribution in [2.75, 3.05) is 20.3 Å². The van der Waals surface area contributed by atoms with E-state index in [1.165, 1.54) is 7.11 Å². The molecule has 1 aromatic carbocycles. The van der Waals surface area contributed by atoms with Crippen molar-refractivity contribution in [3.8, 4) is 11.5 Å². The second-order valence-corrected chi connectivity index (χ2v) is 5.53. The van der Waals surface area contributed by atoms with E-state index in [2.05, 4.69) is 19.2 Å². The number of methoxy groups -OCH3 is 1. The molecular formula is C16H23NO4. The first-order valence-electron chi connectivity index (χ1n) is 7.30. The van der Waals surface area contributed by atoms with E-state index in [1.54, 1.807) is 0 Å². The zero-order valence-corrected chi connectivity index (χ0v) is 12.8. The molecule has 0 bridgehead atoms. The largest absolute Gasteiger partial charge is 0.486 e. The summed E-state index contributed by atoms with van der Waals surface area (Å²) in [6.45, 7) is 5.83. The number of hydrogen-bond donors (Lipinski definition) is 1. The molecule has 5 nitrogen and oxygen atoms in total. The Hall–Kier alpha value is -1.75. The third-order valence-electron chi connectivity index (χ3n) is 3.38. The number of hydrogen-bond acceptors (Lipinski definition) is 5. The average Bonchev–Trinajstić information content (AvgIpc) is 2.50. The summed E-state index contributed by atoms with van der Waals surface area (Å²) in [6, 6.07) is 5.49. The van der Waals surface area contributed by atoms with Crippen molar-refractivity contribution < 1.29 is 19.0 Å². The highest BCUT2D eigenvalue weighted by molar-refractivity contribution is 5.75. The number of nitrogens with one attached hydrogen (secondary N) is 1. The fourth-order valence-electron chi connectivity index (χ4n) is 2.38. The molecule has 1 heterocycles. The Kier molecular flexibility index (Phi) is 5.44. The summed E-state index contributed by atoms with van der Waals surface area (Å²) in [6.07, 6.45) is 0.735. The van der Waals surface area contributed by atoms with Gasteiger partial charge in [-0.15, -0.1) is 0 Å². The van der Waals surface area contributed by atoms with Crippen LogP contribution in [0.4, 0.5) is 0 Å². The second-order valence-electron chi connectivity index (χ2n) is 5.53. The molecule has 0 fully saturated rings. The summed E-state index contributed by atoms with van der Waals surface area (Å²) in [7, 11) is 1.42. The Morgan fingerprint density at radius 3 is 2.81 bits per heavy atom. The number of fused-ring (bicyclic) bond motifs is 1. The number of carbonyl (C=O) groups is 1. The van der Waals surface area contributed by atoms with Gasteiger partial charge in [0.2, 0.25) is 0 Å². The highest BCUT2D eigenvalue weighted by Gasteiger charge is 2.21. The first-order valence-corrected chi connectivity index (χ1v) is 7.30. The molecule has 0 saturated carbocycles. The summed E-state index contributed by atoms with van der Waals surface area (Å²) in [5, 5.41) is 3.26. The maximum atomic E-state index is 11.8. The summed E-state index contributed by atoms with van der Waals surface area (Å²) in [5.74, 6) is 1.71. The first kappa shape index (κ1) is 15.6. The Morgan fingerprint density at radius 1 is 1.33 bits per heavy atom. The molecule has 5 heteroatoms. The molecular weight excluding hydrogens is 270 g/mol. The normalized spacial score (nSPS) is 14.9. The zero-order chi connectivity index (χ0) is 15.2. The van der Waals surface area contributed by atoms with Crippen LogP contribution in [0.2, 0.25) is 0 Å². The molecule has 0 spiro atoms. The van der Waals surface area contributed by atoms with Crippen LogP contribution in [0, 0.1) is 5.92 Å². The Labute approximate surface area is 125 Å². The Bertz CT molecular complexity index is 487. The number of rotatable bonds is 6. The van der Waals surface area contributed by atoms with Gasteiger partial charge < -0.3 is 19.5 Å². The van der Waals surface area contributed by atoms with Gasteiger partial charge in [-0.2, -0.15) is 0 Å². The molecule has 0 amide bonds. The van der Waals surface area contributed by atoms with E-state index in [9.17, 15) is 4.79 Å². The van der Waals surface area contributed by atoms with E-state index in [0.717, 1.165) is 23.5 Å². The lowest BCUT2D eigenvalue weighted by Gasteiger charge is -2.23. The van der Waals surface area contributed by atoms with Crippen molar-refractivity contribution in [1.29, 1.82) is 0 Å². The Morgan fingerprint density at radius 2 is 2.10 bits per heavy atom. The number of esters is 1. The van der Waals surface area contributed by atoms with Crippen LogP contribution in [0.1, 0.15) is 25.8 Å². The molecule has 21 heavy (non-hydrogen) atoms. The van der Waals surface area contributed by atoms with Gasteiger partial charge in [0.1, 0.15) is 19.3 Å². The van der Waals surface area contributed by atoms with E-state index in [4.69, 9.17) is 14.2 Å². The summed E-state index contributed by atoms with van der Waals surface area (Å²) in [4.78, 5) is 11.8. The van der Waals surface area contributed by atoms with Crippen LogP contribution < -0.4 is 14.8 Å². The van der Waals surface area contributed by atoms with E-state index in [1.807, 2.05) is 18.2 Å². The van der Waals surface area contributed by atoms with Crippen LogP contribution >= 0.6 is 0 Å². The summed E-state index contributed by atoms with van der Waals surface area (Å²) >= 11 is 0. The summed E-state index contributed by atoms with van der Waals surface area (Å²) in [5.41, 5.74) is 0.991. The fraction of sp³-hybridized carbons (Fsp3) is 0.562. The molecule has 0 aliphatic carbocycles. The topological polar surface area (TPSA) is 56.8 Å². The molecule has 1 aromatic rings. The van der Waals surface area contributed by atoms with Gasteiger partial charge in [0.15, 0.2) is 11.5 Å². The van der Waals surface area contributed by atoms with Crippen LogP contribution in [-0.4, -0.2) is 32.3 Å². The monoisotopic (exact) mass is 293 g/mol. The molecule has 116 valence electrons. The maximum absolute atomic E-state index is 11.8. The van der Waals surface area contributed by atoms with Gasteiger partial charge in [0, 0.05) is 12.1 Å². The zero-order valence-electron chi connectivity index (χ0n) is 12.8. The van der Waals surface area contributed by atoms with E-state index >= 15 is 0 Å². The minimum absolute atomic E-state index is 0.231. The molecule has 1 unspecified atom stereocenters. The minimum Gasteiger partial charge on any atom is -0.486 e. The van der Waals surface area contributed by atoms with Crippen LogP contribution in [0.5, 0.6) is 11.5 Å². The van der Waals surface area contributed by atoms with Gasteiger partial charge in [-0.3, -0.25) is 4.79 Å². The molecule has 0 radical (unpaired) electrons. The van der Waals surface area contributed by atoms with Gasteiger partial charge in [-0.25, -0.2) is 0 Å². The number of ether oxygens (including phenoxy) is 3. The van der Waals surface area contributed by atoms with Gasteiger partial charge in [0.05, 0.1) is 7.11 Å².